The van der Waals surface area contributed by atoms with Gasteiger partial charge < -0.3 is 4.79 Å². The van der Waals surface area contributed by atoms with E-state index in [1.807, 2.05) is 24.3 Å². The number of benzene rings is 1. The molecule has 5 heteroatoms. The molecule has 1 atom stereocenters. The second kappa shape index (κ2) is 3.20. The van der Waals surface area contributed by atoms with Crippen LogP contribution in [-0.2, 0) is 4.79 Å². The van der Waals surface area contributed by atoms with Crippen LogP contribution in [0.25, 0.3) is 0 Å². The Bertz CT molecular complexity index is 528. The molecule has 0 N–H and O–H groups in total. The predicted molar refractivity (Wildman–Crippen MR) is 55.9 cm³/mol. The highest BCUT2D eigenvalue weighted by Gasteiger charge is 2.26. The van der Waals surface area contributed by atoms with E-state index in [0.717, 1.165) is 21.9 Å². The fourth-order valence-electron chi connectivity index (χ4n) is 1.68. The summed E-state index contributed by atoms with van der Waals surface area (Å²) >= 11 is 1.54. The number of aromatic nitrogens is 3. The van der Waals surface area contributed by atoms with Gasteiger partial charge in [0.25, 0.3) is 0 Å². The Morgan fingerprint density at radius 3 is 3.20 bits per heavy atom. The lowest BCUT2D eigenvalue weighted by molar-refractivity contribution is -0.110. The summed E-state index contributed by atoms with van der Waals surface area (Å²) in [4.78, 5) is 16.3. The molecule has 1 aliphatic rings. The van der Waals surface area contributed by atoms with E-state index < -0.39 is 0 Å². The van der Waals surface area contributed by atoms with E-state index >= 15 is 0 Å². The van der Waals surface area contributed by atoms with Crippen LogP contribution in [0.15, 0.2) is 40.6 Å². The molecule has 1 aromatic heterocycles. The van der Waals surface area contributed by atoms with Gasteiger partial charge >= 0.3 is 1.43 Å². The first kappa shape index (κ1) is 8.67. The zero-order chi connectivity index (χ0) is 10.3. The van der Waals surface area contributed by atoms with Crippen LogP contribution in [0.1, 0.15) is 13.0 Å². The Morgan fingerprint density at radius 1 is 1.47 bits per heavy atom. The zero-order valence-electron chi connectivity index (χ0n) is 8.70. The maximum absolute atomic E-state index is 11.1. The normalized spacial score (nSPS) is 18.0. The molecule has 0 saturated heterocycles. The van der Waals surface area contributed by atoms with E-state index in [9.17, 15) is 4.79 Å². The van der Waals surface area contributed by atoms with Crippen molar-refractivity contribution in [1.82, 2.24) is 14.8 Å². The van der Waals surface area contributed by atoms with Crippen LogP contribution < -0.4 is 0 Å². The zero-order valence-corrected chi connectivity index (χ0v) is 8.52. The van der Waals surface area contributed by atoms with Gasteiger partial charge in [-0.25, -0.2) is 9.67 Å². The molecule has 3 rings (SSSR count). The standard InChI is InChI=1S/C10H7N3OS/c14-5-8-7-3-1-2-4-9(7)15-10-11-6-12-13(8)10/h1-6,8H/p+1. The van der Waals surface area contributed by atoms with Crippen molar-refractivity contribution in [3.8, 4) is 0 Å². The van der Waals surface area contributed by atoms with Gasteiger partial charge in [-0.05, 0) is 23.4 Å². The number of hydrogen-bond donors (Lipinski definition) is 0. The Hall–Kier alpha value is -1.62. The molecule has 74 valence electrons. The second-order valence-corrected chi connectivity index (χ2v) is 4.22. The molecule has 2 aromatic rings. The van der Waals surface area contributed by atoms with Gasteiger partial charge in [0.2, 0.25) is 0 Å². The summed E-state index contributed by atoms with van der Waals surface area (Å²) in [5.41, 5.74) is 0.996. The summed E-state index contributed by atoms with van der Waals surface area (Å²) in [5.74, 6) is 0. The summed E-state index contributed by atoms with van der Waals surface area (Å²) in [5, 5.41) is 4.83. The number of rotatable bonds is 1. The van der Waals surface area contributed by atoms with E-state index in [-0.39, 0.29) is 7.47 Å². The van der Waals surface area contributed by atoms with Crippen LogP contribution in [0.3, 0.4) is 0 Å². The average molecular weight is 218 g/mol. The van der Waals surface area contributed by atoms with Gasteiger partial charge in [-0.15, -0.1) is 0 Å². The van der Waals surface area contributed by atoms with E-state index in [0.29, 0.717) is 0 Å². The van der Waals surface area contributed by atoms with Gasteiger partial charge in [0.1, 0.15) is 18.7 Å². The number of nitrogens with zero attached hydrogens (tertiary/aromatic N) is 3. The van der Waals surface area contributed by atoms with E-state index in [2.05, 4.69) is 10.1 Å². The third-order valence-electron chi connectivity index (χ3n) is 2.37. The van der Waals surface area contributed by atoms with Gasteiger partial charge in [-0.3, -0.25) is 0 Å². The van der Waals surface area contributed by atoms with Crippen LogP contribution in [0, 0.1) is 0 Å². The summed E-state index contributed by atoms with van der Waals surface area (Å²) in [7, 11) is 0. The van der Waals surface area contributed by atoms with Crippen molar-refractivity contribution >= 4 is 18.0 Å². The minimum absolute atomic E-state index is 0. The number of hydrogen-bond acceptors (Lipinski definition) is 4. The first-order chi connectivity index (χ1) is 7.40. The third-order valence-corrected chi connectivity index (χ3v) is 3.44. The Labute approximate surface area is 91.8 Å². The van der Waals surface area contributed by atoms with Gasteiger partial charge in [0.05, 0.1) is 0 Å². The summed E-state index contributed by atoms with van der Waals surface area (Å²) < 4.78 is 1.65. The summed E-state index contributed by atoms with van der Waals surface area (Å²) in [6.07, 6.45) is 2.38. The van der Waals surface area contributed by atoms with Crippen molar-refractivity contribution in [3.05, 3.63) is 36.2 Å². The molecule has 1 aromatic carbocycles. The topological polar surface area (TPSA) is 47.8 Å². The Kier molecular flexibility index (Phi) is 1.85. The second-order valence-electron chi connectivity index (χ2n) is 3.21. The number of fused-ring (bicyclic) bond motifs is 2. The quantitative estimate of drug-likeness (QED) is 0.683. The highest BCUT2D eigenvalue weighted by molar-refractivity contribution is 7.99. The molecule has 0 fully saturated rings. The van der Waals surface area contributed by atoms with Crippen LogP contribution in [0.4, 0.5) is 0 Å². The van der Waals surface area contributed by atoms with Crippen LogP contribution in [-0.4, -0.2) is 21.1 Å². The van der Waals surface area contributed by atoms with Crippen LogP contribution in [0.5, 0.6) is 0 Å². The first-order valence-electron chi connectivity index (χ1n) is 4.52. The first-order valence-corrected chi connectivity index (χ1v) is 5.33. The molecular formula is C10H8N3OS+. The number of carbonyl (C=O) groups excluding carboxylic acids is 1. The molecule has 0 bridgehead atoms. The van der Waals surface area contributed by atoms with Gasteiger partial charge in [0, 0.05) is 4.90 Å². The van der Waals surface area contributed by atoms with E-state index in [1.54, 1.807) is 4.68 Å². The molecule has 0 spiro atoms. The molecule has 15 heavy (non-hydrogen) atoms. The maximum atomic E-state index is 11.1. The van der Waals surface area contributed by atoms with E-state index in [4.69, 9.17) is 0 Å². The van der Waals surface area contributed by atoms with Crippen molar-refractivity contribution < 1.29 is 6.22 Å². The van der Waals surface area contributed by atoms with E-state index in [1.165, 1.54) is 18.1 Å². The minimum Gasteiger partial charge on any atom is -0.301 e. The smallest absolute Gasteiger partial charge is 0.301 e. The van der Waals surface area contributed by atoms with Crippen LogP contribution in [0.2, 0.25) is 0 Å². The Balaban J connectivity index is 0.000000963. The molecule has 0 amide bonds. The lowest BCUT2D eigenvalue weighted by Gasteiger charge is -2.21. The predicted octanol–water partition coefficient (Wildman–Crippen LogP) is 1.64. The maximum Gasteiger partial charge on any atom is 1.00 e. The molecule has 2 heterocycles. The molecule has 0 aliphatic carbocycles. The van der Waals surface area contributed by atoms with Gasteiger partial charge in [-0.1, -0.05) is 18.2 Å². The molecule has 0 saturated carbocycles. The SMILES string of the molecule is O=CC1c2ccccc2Sc2ncnn21.[H+]. The summed E-state index contributed by atoms with van der Waals surface area (Å²) in [6, 6.07) is 7.50. The highest BCUT2D eigenvalue weighted by atomic mass is 32.2. The lowest BCUT2D eigenvalue weighted by Crippen LogP contribution is -2.18. The molecular weight excluding hydrogens is 210 g/mol. The third kappa shape index (κ3) is 1.20. The summed E-state index contributed by atoms with van der Waals surface area (Å²) in [6.45, 7) is 0. The number of aldehydes is 1. The Morgan fingerprint density at radius 2 is 2.33 bits per heavy atom. The highest BCUT2D eigenvalue weighted by Crippen LogP contribution is 2.38. The van der Waals surface area contributed by atoms with Crippen LogP contribution >= 0.6 is 11.8 Å². The average Bonchev–Trinajstić information content (AvgIpc) is 2.73. The lowest BCUT2D eigenvalue weighted by atomic mass is 10.1. The number of carbonyl (C=O) groups is 1. The molecule has 4 nitrogen and oxygen atoms in total. The van der Waals surface area contributed by atoms with Crippen molar-refractivity contribution in [1.29, 1.82) is 0 Å². The van der Waals surface area contributed by atoms with Gasteiger partial charge in [0.15, 0.2) is 5.16 Å². The van der Waals surface area contributed by atoms with Crippen molar-refractivity contribution in [2.45, 2.75) is 16.1 Å². The van der Waals surface area contributed by atoms with Crippen molar-refractivity contribution in [2.75, 3.05) is 0 Å². The van der Waals surface area contributed by atoms with Gasteiger partial charge in [-0.2, -0.15) is 5.10 Å². The molecule has 1 unspecified atom stereocenters. The largest absolute Gasteiger partial charge is 1.00 e. The fourth-order valence-corrected chi connectivity index (χ4v) is 2.69. The van der Waals surface area contributed by atoms with Crippen molar-refractivity contribution in [2.24, 2.45) is 0 Å². The monoisotopic (exact) mass is 218 g/mol. The minimum atomic E-state index is -0.333. The molecule has 0 radical (unpaired) electrons. The fraction of sp³-hybridized carbons (Fsp3) is 0.100. The molecule has 1 aliphatic heterocycles. The van der Waals surface area contributed by atoms with Crippen molar-refractivity contribution in [3.63, 3.8) is 0 Å².